The van der Waals surface area contributed by atoms with Crippen molar-refractivity contribution >= 4 is 17.2 Å². The van der Waals surface area contributed by atoms with Crippen LogP contribution in [0, 0.1) is 0 Å². The highest BCUT2D eigenvalue weighted by Crippen LogP contribution is 2.10. The quantitative estimate of drug-likeness (QED) is 0.478. The van der Waals surface area contributed by atoms with Gasteiger partial charge in [-0.2, -0.15) is 0 Å². The maximum absolute atomic E-state index is 5.50. The van der Waals surface area contributed by atoms with E-state index in [4.69, 9.17) is 36.9 Å². The number of pyridine rings is 1. The molecule has 0 unspecified atom stereocenters. The molecule has 0 fully saturated rings. The van der Waals surface area contributed by atoms with Gasteiger partial charge >= 0.3 is 0 Å². The van der Waals surface area contributed by atoms with Crippen LogP contribution in [-0.4, -0.2) is 56.7 Å². The lowest BCUT2D eigenvalue weighted by Gasteiger charge is -2.08. The van der Waals surface area contributed by atoms with Crippen molar-refractivity contribution in [1.29, 1.82) is 0 Å². The second-order valence-electron chi connectivity index (χ2n) is 3.81. The van der Waals surface area contributed by atoms with E-state index in [1.165, 1.54) is 0 Å². The zero-order valence-electron chi connectivity index (χ0n) is 11.5. The number of methoxy groups -OCH3 is 1. The van der Waals surface area contributed by atoms with Crippen LogP contribution in [0.5, 0.6) is 5.75 Å². The van der Waals surface area contributed by atoms with Gasteiger partial charge in [0.25, 0.3) is 0 Å². The first-order chi connectivity index (χ1) is 9.74. The number of thiocarbonyl (C=S) groups is 1. The van der Waals surface area contributed by atoms with Crippen LogP contribution in [0.15, 0.2) is 18.3 Å². The Morgan fingerprint density at radius 3 is 2.45 bits per heavy atom. The van der Waals surface area contributed by atoms with Gasteiger partial charge in [-0.25, -0.2) is 0 Å². The molecule has 0 aliphatic rings. The molecule has 0 atom stereocenters. The number of rotatable bonds is 11. The highest BCUT2D eigenvalue weighted by Gasteiger charge is 2.00. The Balaban J connectivity index is 2.06. The Morgan fingerprint density at radius 1 is 1.15 bits per heavy atom. The molecular formula is C13H20N2O4S. The van der Waals surface area contributed by atoms with Crippen LogP contribution in [0.4, 0.5) is 0 Å². The van der Waals surface area contributed by atoms with E-state index < -0.39 is 0 Å². The van der Waals surface area contributed by atoms with Crippen molar-refractivity contribution in [3.8, 4) is 5.75 Å². The van der Waals surface area contributed by atoms with E-state index in [0.717, 1.165) is 0 Å². The molecule has 0 aromatic carbocycles. The maximum Gasteiger partial charge on any atom is 0.123 e. The summed E-state index contributed by atoms with van der Waals surface area (Å²) in [7, 11) is 1.64. The largest absolute Gasteiger partial charge is 0.491 e. The van der Waals surface area contributed by atoms with Gasteiger partial charge in [0.1, 0.15) is 23.0 Å². The van der Waals surface area contributed by atoms with Gasteiger partial charge in [-0.05, 0) is 6.07 Å². The van der Waals surface area contributed by atoms with Crippen LogP contribution < -0.4 is 10.5 Å². The van der Waals surface area contributed by atoms with Crippen LogP contribution >= 0.6 is 12.2 Å². The summed E-state index contributed by atoms with van der Waals surface area (Å²) in [6, 6.07) is 3.45. The average Bonchev–Trinajstić information content (AvgIpc) is 2.46. The van der Waals surface area contributed by atoms with Gasteiger partial charge in [-0.3, -0.25) is 4.98 Å². The van der Waals surface area contributed by atoms with Crippen molar-refractivity contribution in [2.45, 2.75) is 0 Å². The van der Waals surface area contributed by atoms with E-state index in [9.17, 15) is 0 Å². The molecule has 0 spiro atoms. The molecule has 0 aliphatic heterocycles. The molecule has 0 saturated carbocycles. The molecule has 0 aliphatic carbocycles. The summed E-state index contributed by atoms with van der Waals surface area (Å²) in [6.07, 6.45) is 1.61. The summed E-state index contributed by atoms with van der Waals surface area (Å²) in [5, 5.41) is 0. The second kappa shape index (κ2) is 10.5. The van der Waals surface area contributed by atoms with Crippen molar-refractivity contribution in [1.82, 2.24) is 4.98 Å². The van der Waals surface area contributed by atoms with Crippen molar-refractivity contribution in [3.63, 3.8) is 0 Å². The molecule has 0 saturated heterocycles. The van der Waals surface area contributed by atoms with Crippen molar-refractivity contribution in [3.05, 3.63) is 24.0 Å². The summed E-state index contributed by atoms with van der Waals surface area (Å²) in [5.41, 5.74) is 6.04. The predicted octanol–water partition coefficient (Wildman–Crippen LogP) is 0.774. The monoisotopic (exact) mass is 300 g/mol. The van der Waals surface area contributed by atoms with Crippen LogP contribution in [0.3, 0.4) is 0 Å². The van der Waals surface area contributed by atoms with Gasteiger partial charge in [0.05, 0.1) is 33.0 Å². The van der Waals surface area contributed by atoms with Crippen LogP contribution in [0.2, 0.25) is 0 Å². The molecule has 20 heavy (non-hydrogen) atoms. The van der Waals surface area contributed by atoms with Gasteiger partial charge in [0, 0.05) is 19.4 Å². The van der Waals surface area contributed by atoms with E-state index in [1.54, 1.807) is 25.4 Å². The first kappa shape index (κ1) is 16.8. The Morgan fingerprint density at radius 2 is 1.80 bits per heavy atom. The van der Waals surface area contributed by atoms with Crippen LogP contribution in [0.1, 0.15) is 5.69 Å². The summed E-state index contributed by atoms with van der Waals surface area (Å²) in [5.74, 6) is 0.669. The number of nitrogens with zero attached hydrogens (tertiary/aromatic N) is 1. The van der Waals surface area contributed by atoms with Gasteiger partial charge < -0.3 is 24.7 Å². The van der Waals surface area contributed by atoms with E-state index in [0.29, 0.717) is 51.1 Å². The molecule has 7 heteroatoms. The first-order valence-electron chi connectivity index (χ1n) is 6.27. The van der Waals surface area contributed by atoms with Crippen molar-refractivity contribution in [2.24, 2.45) is 5.73 Å². The van der Waals surface area contributed by atoms with Gasteiger partial charge in [0.2, 0.25) is 0 Å². The predicted molar refractivity (Wildman–Crippen MR) is 79.1 cm³/mol. The zero-order chi connectivity index (χ0) is 14.6. The van der Waals surface area contributed by atoms with Crippen LogP contribution in [0.25, 0.3) is 0 Å². The lowest BCUT2D eigenvalue weighted by molar-refractivity contribution is 0.0179. The van der Waals surface area contributed by atoms with E-state index in [1.807, 2.05) is 0 Å². The highest BCUT2D eigenvalue weighted by molar-refractivity contribution is 7.80. The van der Waals surface area contributed by atoms with Gasteiger partial charge in [-0.1, -0.05) is 12.2 Å². The minimum Gasteiger partial charge on any atom is -0.491 e. The fraction of sp³-hybridized carbons (Fsp3) is 0.538. The third-order valence-corrected chi connectivity index (χ3v) is 2.49. The molecule has 1 heterocycles. The summed E-state index contributed by atoms with van der Waals surface area (Å²) >= 11 is 4.85. The van der Waals surface area contributed by atoms with E-state index in [-0.39, 0.29) is 4.99 Å². The molecule has 1 aromatic rings. The fourth-order valence-corrected chi connectivity index (χ4v) is 1.43. The van der Waals surface area contributed by atoms with Gasteiger partial charge in [0.15, 0.2) is 0 Å². The summed E-state index contributed by atoms with van der Waals surface area (Å²) < 4.78 is 21.0. The van der Waals surface area contributed by atoms with E-state index in [2.05, 4.69) is 4.98 Å². The number of aromatic nitrogens is 1. The number of nitrogens with two attached hydrogens (primary N) is 1. The highest BCUT2D eigenvalue weighted by atomic mass is 32.1. The standard InChI is InChI=1S/C13H20N2O4S/c1-16-4-5-17-6-7-18-8-9-19-11-2-3-15-12(10-11)13(14)20/h2-3,10H,4-9H2,1H3,(H2,14,20). The zero-order valence-corrected chi connectivity index (χ0v) is 12.4. The van der Waals surface area contributed by atoms with Gasteiger partial charge in [-0.15, -0.1) is 0 Å². The Bertz CT molecular complexity index is 404. The molecule has 2 N–H and O–H groups in total. The molecule has 1 aromatic heterocycles. The SMILES string of the molecule is COCCOCCOCCOc1ccnc(C(N)=S)c1. The molecule has 0 amide bonds. The van der Waals surface area contributed by atoms with Crippen molar-refractivity contribution in [2.75, 3.05) is 46.8 Å². The molecule has 0 radical (unpaired) electrons. The second-order valence-corrected chi connectivity index (χ2v) is 4.25. The molecular weight excluding hydrogens is 280 g/mol. The average molecular weight is 300 g/mol. The number of hydrogen-bond acceptors (Lipinski definition) is 6. The molecule has 1 rings (SSSR count). The number of hydrogen-bond donors (Lipinski definition) is 1. The fourth-order valence-electron chi connectivity index (χ4n) is 1.32. The number of ether oxygens (including phenoxy) is 4. The minimum atomic E-state index is 0.250. The lowest BCUT2D eigenvalue weighted by Crippen LogP contribution is -2.13. The molecule has 112 valence electrons. The lowest BCUT2D eigenvalue weighted by atomic mass is 10.3. The smallest absolute Gasteiger partial charge is 0.123 e. The third-order valence-electron chi connectivity index (χ3n) is 2.28. The molecule has 6 nitrogen and oxygen atoms in total. The molecule has 0 bridgehead atoms. The maximum atomic E-state index is 5.50. The normalized spacial score (nSPS) is 10.4. The van der Waals surface area contributed by atoms with Crippen molar-refractivity contribution < 1.29 is 18.9 Å². The Hall–Kier alpha value is -1.28. The Labute approximate surface area is 124 Å². The Kier molecular flexibility index (Phi) is 8.81. The van der Waals surface area contributed by atoms with Crippen LogP contribution in [-0.2, 0) is 14.2 Å². The summed E-state index contributed by atoms with van der Waals surface area (Å²) in [6.45, 7) is 3.18. The minimum absolute atomic E-state index is 0.250. The third kappa shape index (κ3) is 7.34. The first-order valence-corrected chi connectivity index (χ1v) is 6.68. The topological polar surface area (TPSA) is 75.8 Å². The summed E-state index contributed by atoms with van der Waals surface area (Å²) in [4.78, 5) is 4.28. The van der Waals surface area contributed by atoms with E-state index >= 15 is 0 Å².